The molecule has 1 saturated heterocycles. The molecular weight excluding hydrogens is 474 g/mol. The average molecular weight is 514 g/mol. The first-order valence-electron chi connectivity index (χ1n) is 13.8. The molecule has 1 unspecified atom stereocenters. The summed E-state index contributed by atoms with van der Waals surface area (Å²) in [6, 6.07) is 22.5. The van der Waals surface area contributed by atoms with Crippen LogP contribution < -0.4 is 20.1 Å². The van der Waals surface area contributed by atoms with Gasteiger partial charge < -0.3 is 25.0 Å². The highest BCUT2D eigenvalue weighted by Gasteiger charge is 2.27. The first-order valence-corrected chi connectivity index (χ1v) is 13.8. The fraction of sp³-hybridized carbons (Fsp3) is 0.406. The van der Waals surface area contributed by atoms with Gasteiger partial charge in [-0.15, -0.1) is 0 Å². The second kappa shape index (κ2) is 11.9. The number of nitrogens with one attached hydrogen (secondary N) is 2. The SMILES string of the molecule is COc1ccc(NC(=O)C2CCc3c(cccc3Oc3ccccc3)NC2)cc1C1CCN(C(C)C)CC1. The van der Waals surface area contributed by atoms with E-state index in [1.165, 1.54) is 5.56 Å². The predicted molar refractivity (Wildman–Crippen MR) is 154 cm³/mol. The Morgan fingerprint density at radius 3 is 2.50 bits per heavy atom. The topological polar surface area (TPSA) is 62.8 Å². The third kappa shape index (κ3) is 5.97. The summed E-state index contributed by atoms with van der Waals surface area (Å²) in [5.74, 6) is 2.89. The van der Waals surface area contributed by atoms with E-state index in [1.54, 1.807) is 7.11 Å². The molecule has 2 aliphatic rings. The number of carbonyl (C=O) groups is 1. The summed E-state index contributed by atoms with van der Waals surface area (Å²) in [5.41, 5.74) is 4.19. The molecule has 3 aromatic carbocycles. The van der Waals surface area contributed by atoms with Crippen molar-refractivity contribution in [3.8, 4) is 17.2 Å². The Bertz CT molecular complexity index is 1240. The first kappa shape index (κ1) is 26.1. The van der Waals surface area contributed by atoms with Crippen LogP contribution in [0.1, 0.15) is 50.2 Å². The van der Waals surface area contributed by atoms with E-state index in [4.69, 9.17) is 9.47 Å². The van der Waals surface area contributed by atoms with Gasteiger partial charge in [-0.05, 0) is 107 Å². The largest absolute Gasteiger partial charge is 0.496 e. The van der Waals surface area contributed by atoms with Crippen LogP contribution in [0, 0.1) is 5.92 Å². The molecule has 0 aromatic heterocycles. The number of hydrogen-bond acceptors (Lipinski definition) is 5. The maximum absolute atomic E-state index is 13.4. The maximum Gasteiger partial charge on any atom is 0.229 e. The molecule has 2 N–H and O–H groups in total. The standard InChI is InChI=1S/C32H39N3O3/c1-22(2)35-18-16-23(17-19-35)28-20-25(13-15-30(28)37-3)34-32(36)24-12-14-27-29(33-21-24)10-7-11-31(27)38-26-8-5-4-6-9-26/h4-11,13,15,20,22-24,33H,12,14,16-19,21H2,1-3H3,(H,34,36). The van der Waals surface area contributed by atoms with Gasteiger partial charge in [0.05, 0.1) is 13.0 Å². The lowest BCUT2D eigenvalue weighted by atomic mass is 9.88. The van der Waals surface area contributed by atoms with Crippen molar-refractivity contribution in [2.24, 2.45) is 5.92 Å². The second-order valence-electron chi connectivity index (χ2n) is 10.7. The summed E-state index contributed by atoms with van der Waals surface area (Å²) in [5, 5.41) is 6.70. The number of carbonyl (C=O) groups excluding carboxylic acids is 1. The molecule has 6 nitrogen and oxygen atoms in total. The highest BCUT2D eigenvalue weighted by Crippen LogP contribution is 2.37. The van der Waals surface area contributed by atoms with E-state index in [9.17, 15) is 4.79 Å². The lowest BCUT2D eigenvalue weighted by Gasteiger charge is -2.35. The average Bonchev–Trinajstić information content (AvgIpc) is 3.17. The number of amides is 1. The van der Waals surface area contributed by atoms with Gasteiger partial charge in [0.15, 0.2) is 0 Å². The third-order valence-electron chi connectivity index (χ3n) is 7.95. The molecule has 38 heavy (non-hydrogen) atoms. The number of para-hydroxylation sites is 1. The summed E-state index contributed by atoms with van der Waals surface area (Å²) in [6.07, 6.45) is 3.72. The highest BCUT2D eigenvalue weighted by atomic mass is 16.5. The zero-order valence-corrected chi connectivity index (χ0v) is 22.7. The number of fused-ring (bicyclic) bond motifs is 1. The van der Waals surface area contributed by atoms with Crippen LogP contribution >= 0.6 is 0 Å². The Kier molecular flexibility index (Phi) is 8.18. The van der Waals surface area contributed by atoms with Crippen LogP contribution in [0.3, 0.4) is 0 Å². The molecule has 0 aliphatic carbocycles. The van der Waals surface area contributed by atoms with E-state index < -0.39 is 0 Å². The first-order chi connectivity index (χ1) is 18.5. The summed E-state index contributed by atoms with van der Waals surface area (Å²) < 4.78 is 11.9. The molecule has 0 radical (unpaired) electrons. The molecular formula is C32H39N3O3. The van der Waals surface area contributed by atoms with Crippen LogP contribution in [-0.2, 0) is 11.2 Å². The molecule has 1 atom stereocenters. The monoisotopic (exact) mass is 513 g/mol. The van der Waals surface area contributed by atoms with Crippen LogP contribution in [0.4, 0.5) is 11.4 Å². The molecule has 0 bridgehead atoms. The summed E-state index contributed by atoms with van der Waals surface area (Å²) in [7, 11) is 1.73. The Morgan fingerprint density at radius 2 is 1.76 bits per heavy atom. The molecule has 200 valence electrons. The molecule has 3 aromatic rings. The van der Waals surface area contributed by atoms with Gasteiger partial charge in [0.2, 0.25) is 5.91 Å². The Balaban J connectivity index is 1.25. The number of rotatable bonds is 7. The number of benzene rings is 3. The third-order valence-corrected chi connectivity index (χ3v) is 7.95. The maximum atomic E-state index is 13.4. The van der Waals surface area contributed by atoms with Crippen LogP contribution in [-0.4, -0.2) is 43.6 Å². The minimum Gasteiger partial charge on any atom is -0.496 e. The van der Waals surface area contributed by atoms with Gasteiger partial charge in [-0.2, -0.15) is 0 Å². The Labute approximate surface area is 226 Å². The number of ether oxygens (including phenoxy) is 2. The van der Waals surface area contributed by atoms with Crippen molar-refractivity contribution in [1.82, 2.24) is 4.90 Å². The molecule has 5 rings (SSSR count). The van der Waals surface area contributed by atoms with Gasteiger partial charge in [-0.25, -0.2) is 0 Å². The summed E-state index contributed by atoms with van der Waals surface area (Å²) in [4.78, 5) is 15.9. The van der Waals surface area contributed by atoms with Crippen molar-refractivity contribution in [2.75, 3.05) is 37.4 Å². The molecule has 0 spiro atoms. The van der Waals surface area contributed by atoms with Gasteiger partial charge in [0.1, 0.15) is 17.2 Å². The van der Waals surface area contributed by atoms with Crippen LogP contribution in [0.15, 0.2) is 66.7 Å². The second-order valence-corrected chi connectivity index (χ2v) is 10.7. The van der Waals surface area contributed by atoms with E-state index in [2.05, 4.69) is 41.5 Å². The number of nitrogens with zero attached hydrogens (tertiary/aromatic N) is 1. The minimum atomic E-state index is -0.146. The lowest BCUT2D eigenvalue weighted by molar-refractivity contribution is -0.119. The molecule has 2 aliphatic heterocycles. The molecule has 2 heterocycles. The number of hydrogen-bond donors (Lipinski definition) is 2. The zero-order valence-electron chi connectivity index (χ0n) is 22.7. The zero-order chi connectivity index (χ0) is 26.5. The van der Waals surface area contributed by atoms with E-state index in [0.29, 0.717) is 18.5 Å². The van der Waals surface area contributed by atoms with Crippen molar-refractivity contribution in [1.29, 1.82) is 0 Å². The van der Waals surface area contributed by atoms with Crippen LogP contribution in [0.25, 0.3) is 0 Å². The number of piperidine rings is 1. The van der Waals surface area contributed by atoms with E-state index in [0.717, 1.165) is 73.0 Å². The fourth-order valence-corrected chi connectivity index (χ4v) is 5.68. The van der Waals surface area contributed by atoms with Crippen molar-refractivity contribution >= 4 is 17.3 Å². The van der Waals surface area contributed by atoms with Gasteiger partial charge in [0, 0.05) is 29.5 Å². The molecule has 6 heteroatoms. The quantitative estimate of drug-likeness (QED) is 0.369. The summed E-state index contributed by atoms with van der Waals surface area (Å²) >= 11 is 0. The van der Waals surface area contributed by atoms with Gasteiger partial charge in [-0.1, -0.05) is 24.3 Å². The number of methoxy groups -OCH3 is 1. The number of likely N-dealkylation sites (tertiary alicyclic amines) is 1. The van der Waals surface area contributed by atoms with Gasteiger partial charge >= 0.3 is 0 Å². The normalized spacial score (nSPS) is 18.3. The minimum absolute atomic E-state index is 0.0431. The van der Waals surface area contributed by atoms with Gasteiger partial charge in [-0.3, -0.25) is 4.79 Å². The van der Waals surface area contributed by atoms with Crippen LogP contribution in [0.5, 0.6) is 17.2 Å². The van der Waals surface area contributed by atoms with Crippen LogP contribution in [0.2, 0.25) is 0 Å². The summed E-state index contributed by atoms with van der Waals surface area (Å²) in [6.45, 7) is 7.28. The predicted octanol–water partition coefficient (Wildman–Crippen LogP) is 6.69. The highest BCUT2D eigenvalue weighted by molar-refractivity contribution is 5.93. The van der Waals surface area contributed by atoms with Crippen molar-refractivity contribution in [3.63, 3.8) is 0 Å². The fourth-order valence-electron chi connectivity index (χ4n) is 5.68. The Morgan fingerprint density at radius 1 is 0.974 bits per heavy atom. The molecule has 0 saturated carbocycles. The van der Waals surface area contributed by atoms with Crippen molar-refractivity contribution in [2.45, 2.75) is 51.5 Å². The Hall–Kier alpha value is -3.51. The van der Waals surface area contributed by atoms with E-state index in [1.807, 2.05) is 54.6 Å². The molecule has 1 fully saturated rings. The molecule has 1 amide bonds. The number of anilines is 2. The van der Waals surface area contributed by atoms with Gasteiger partial charge in [0.25, 0.3) is 0 Å². The van der Waals surface area contributed by atoms with E-state index in [-0.39, 0.29) is 11.8 Å². The lowest BCUT2D eigenvalue weighted by Crippen LogP contribution is -2.37. The smallest absolute Gasteiger partial charge is 0.229 e. The van der Waals surface area contributed by atoms with E-state index >= 15 is 0 Å². The van der Waals surface area contributed by atoms with Crippen molar-refractivity contribution in [3.05, 3.63) is 77.9 Å². The van der Waals surface area contributed by atoms with Crippen molar-refractivity contribution < 1.29 is 14.3 Å².